The predicted octanol–water partition coefficient (Wildman–Crippen LogP) is 5.95. The average molecular weight is 516 g/mol. The van der Waals surface area contributed by atoms with Crippen LogP contribution in [-0.4, -0.2) is 25.7 Å². The molecule has 4 aromatic rings. The number of carbonyl (C=O) groups is 1. The highest BCUT2D eigenvalue weighted by Crippen LogP contribution is 2.37. The Labute approximate surface area is 208 Å². The predicted molar refractivity (Wildman–Crippen MR) is 138 cm³/mol. The molecule has 0 spiro atoms. The molecular weight excluding hydrogens is 490 g/mol. The highest BCUT2D eigenvalue weighted by molar-refractivity contribution is 9.10. The van der Waals surface area contributed by atoms with Crippen molar-refractivity contribution < 1.29 is 14.3 Å². The SMILES string of the molecule is COC(=O)C(COc1ccc(Br)cc1)NC(c1ccccc1)(c1ccccc1)c1ccccc1. The lowest BCUT2D eigenvalue weighted by Crippen LogP contribution is -2.55. The molecule has 0 aliphatic heterocycles. The fourth-order valence-corrected chi connectivity index (χ4v) is 4.36. The van der Waals surface area contributed by atoms with Gasteiger partial charge in [-0.25, -0.2) is 0 Å². The maximum Gasteiger partial charge on any atom is 0.326 e. The summed E-state index contributed by atoms with van der Waals surface area (Å²) in [5, 5.41) is 3.64. The zero-order valence-electron chi connectivity index (χ0n) is 18.9. The van der Waals surface area contributed by atoms with Crippen molar-refractivity contribution in [3.05, 3.63) is 136 Å². The van der Waals surface area contributed by atoms with Gasteiger partial charge in [-0.05, 0) is 41.0 Å². The van der Waals surface area contributed by atoms with Gasteiger partial charge in [0.15, 0.2) is 0 Å². The molecule has 4 nitrogen and oxygen atoms in total. The molecule has 0 saturated heterocycles. The molecule has 34 heavy (non-hydrogen) atoms. The number of ether oxygens (including phenoxy) is 2. The second kappa shape index (κ2) is 11.1. The molecule has 0 aliphatic carbocycles. The van der Waals surface area contributed by atoms with Crippen molar-refractivity contribution in [3.63, 3.8) is 0 Å². The number of esters is 1. The van der Waals surface area contributed by atoms with Crippen LogP contribution in [0.15, 0.2) is 120 Å². The largest absolute Gasteiger partial charge is 0.491 e. The number of hydrogen-bond donors (Lipinski definition) is 1. The highest BCUT2D eigenvalue weighted by atomic mass is 79.9. The minimum Gasteiger partial charge on any atom is -0.491 e. The van der Waals surface area contributed by atoms with E-state index in [9.17, 15) is 4.79 Å². The van der Waals surface area contributed by atoms with Gasteiger partial charge in [-0.1, -0.05) is 107 Å². The van der Waals surface area contributed by atoms with Crippen LogP contribution in [0.2, 0.25) is 0 Å². The Morgan fingerprint density at radius 3 is 1.62 bits per heavy atom. The van der Waals surface area contributed by atoms with Gasteiger partial charge >= 0.3 is 5.97 Å². The van der Waals surface area contributed by atoms with Crippen molar-refractivity contribution >= 4 is 21.9 Å². The van der Waals surface area contributed by atoms with E-state index in [1.807, 2.05) is 78.9 Å². The van der Waals surface area contributed by atoms with Crippen LogP contribution < -0.4 is 10.1 Å². The fourth-order valence-electron chi connectivity index (χ4n) is 4.10. The minimum atomic E-state index is -0.814. The molecule has 0 saturated carbocycles. The van der Waals surface area contributed by atoms with Crippen LogP contribution in [-0.2, 0) is 15.1 Å². The van der Waals surface area contributed by atoms with Gasteiger partial charge in [0.25, 0.3) is 0 Å². The number of nitrogens with one attached hydrogen (secondary N) is 1. The Hall–Kier alpha value is -3.41. The normalized spacial score (nSPS) is 12.1. The lowest BCUT2D eigenvalue weighted by molar-refractivity contribution is -0.144. The van der Waals surface area contributed by atoms with Gasteiger partial charge in [0.2, 0.25) is 0 Å². The molecule has 0 fully saturated rings. The van der Waals surface area contributed by atoms with Crippen LogP contribution in [0.25, 0.3) is 0 Å². The minimum absolute atomic E-state index is 0.0998. The summed E-state index contributed by atoms with van der Waals surface area (Å²) in [5.74, 6) is 0.271. The molecule has 1 N–H and O–H groups in total. The third-order valence-electron chi connectivity index (χ3n) is 5.73. The summed E-state index contributed by atoms with van der Waals surface area (Å²) in [6.07, 6.45) is 0. The van der Waals surface area contributed by atoms with Crippen molar-refractivity contribution in [3.8, 4) is 5.75 Å². The van der Waals surface area contributed by atoms with Crippen molar-refractivity contribution in [1.82, 2.24) is 5.32 Å². The summed E-state index contributed by atoms with van der Waals surface area (Å²) < 4.78 is 12.2. The Balaban J connectivity index is 1.81. The van der Waals surface area contributed by atoms with Crippen LogP contribution >= 0.6 is 15.9 Å². The quantitative estimate of drug-likeness (QED) is 0.221. The molecule has 0 aliphatic rings. The van der Waals surface area contributed by atoms with E-state index in [1.54, 1.807) is 0 Å². The standard InChI is InChI=1S/C29H26BrNO3/c1-33-28(32)27(21-34-26-19-17-25(30)18-20-26)31-29(22-11-5-2-6-12-22,23-13-7-3-8-14-23)24-15-9-4-10-16-24/h2-20,27,31H,21H2,1H3. The number of hydrogen-bond acceptors (Lipinski definition) is 4. The lowest BCUT2D eigenvalue weighted by atomic mass is 9.76. The molecule has 0 aromatic heterocycles. The first-order valence-electron chi connectivity index (χ1n) is 11.0. The lowest BCUT2D eigenvalue weighted by Gasteiger charge is -2.39. The summed E-state index contributed by atoms with van der Waals surface area (Å²) in [6, 6.07) is 37.1. The molecule has 5 heteroatoms. The fraction of sp³-hybridized carbons (Fsp3) is 0.138. The number of rotatable bonds is 9. The van der Waals surface area contributed by atoms with Crippen molar-refractivity contribution in [2.75, 3.05) is 13.7 Å². The van der Waals surface area contributed by atoms with E-state index < -0.39 is 17.6 Å². The monoisotopic (exact) mass is 515 g/mol. The molecule has 0 amide bonds. The summed E-state index contributed by atoms with van der Waals surface area (Å²) in [4.78, 5) is 13.0. The van der Waals surface area contributed by atoms with Crippen molar-refractivity contribution in [2.24, 2.45) is 0 Å². The first kappa shape index (κ1) is 23.7. The number of benzene rings is 4. The Morgan fingerprint density at radius 2 is 1.21 bits per heavy atom. The van der Waals surface area contributed by atoms with E-state index in [1.165, 1.54) is 7.11 Å². The van der Waals surface area contributed by atoms with E-state index >= 15 is 0 Å². The van der Waals surface area contributed by atoms with Crippen LogP contribution in [0, 0.1) is 0 Å². The van der Waals surface area contributed by atoms with E-state index in [4.69, 9.17) is 9.47 Å². The van der Waals surface area contributed by atoms with Crippen LogP contribution in [0.5, 0.6) is 5.75 Å². The molecule has 0 bridgehead atoms. The molecule has 4 aromatic carbocycles. The van der Waals surface area contributed by atoms with E-state index in [0.717, 1.165) is 21.2 Å². The molecule has 0 radical (unpaired) electrons. The summed E-state index contributed by atoms with van der Waals surface area (Å²) >= 11 is 3.44. The number of halogens is 1. The highest BCUT2D eigenvalue weighted by Gasteiger charge is 2.40. The van der Waals surface area contributed by atoms with Gasteiger partial charge in [0.1, 0.15) is 18.4 Å². The molecular formula is C29H26BrNO3. The Morgan fingerprint density at radius 1 is 0.765 bits per heavy atom. The topological polar surface area (TPSA) is 47.6 Å². The molecule has 1 unspecified atom stereocenters. The third kappa shape index (κ3) is 5.22. The van der Waals surface area contributed by atoms with Gasteiger partial charge in [-0.15, -0.1) is 0 Å². The van der Waals surface area contributed by atoms with Gasteiger partial charge in [-0.2, -0.15) is 0 Å². The molecule has 172 valence electrons. The van der Waals surface area contributed by atoms with Crippen LogP contribution in [0.4, 0.5) is 0 Å². The maximum absolute atomic E-state index is 13.0. The molecule has 0 heterocycles. The second-order valence-electron chi connectivity index (χ2n) is 7.83. The number of carbonyl (C=O) groups excluding carboxylic acids is 1. The molecule has 4 rings (SSSR count). The van der Waals surface area contributed by atoms with E-state index in [0.29, 0.717) is 5.75 Å². The van der Waals surface area contributed by atoms with Crippen molar-refractivity contribution in [1.29, 1.82) is 0 Å². The maximum atomic E-state index is 13.0. The van der Waals surface area contributed by atoms with Gasteiger partial charge in [-0.3, -0.25) is 10.1 Å². The smallest absolute Gasteiger partial charge is 0.326 e. The first-order valence-corrected chi connectivity index (χ1v) is 11.8. The van der Waals surface area contributed by atoms with E-state index in [-0.39, 0.29) is 6.61 Å². The van der Waals surface area contributed by atoms with Crippen molar-refractivity contribution in [2.45, 2.75) is 11.6 Å². The van der Waals surface area contributed by atoms with Gasteiger partial charge in [0.05, 0.1) is 12.6 Å². The Kier molecular flexibility index (Phi) is 7.78. The van der Waals surface area contributed by atoms with Gasteiger partial charge in [0, 0.05) is 4.47 Å². The van der Waals surface area contributed by atoms with Crippen LogP contribution in [0.1, 0.15) is 16.7 Å². The first-order chi connectivity index (χ1) is 16.6. The summed E-state index contributed by atoms with van der Waals surface area (Å²) in [5.41, 5.74) is 2.20. The van der Waals surface area contributed by atoms with Crippen LogP contribution in [0.3, 0.4) is 0 Å². The zero-order valence-corrected chi connectivity index (χ0v) is 20.4. The summed E-state index contributed by atoms with van der Waals surface area (Å²) in [7, 11) is 1.39. The summed E-state index contributed by atoms with van der Waals surface area (Å²) in [6.45, 7) is 0.0998. The molecule has 1 atom stereocenters. The third-order valence-corrected chi connectivity index (χ3v) is 6.26. The zero-order chi connectivity index (χ0) is 23.8. The second-order valence-corrected chi connectivity index (χ2v) is 8.75. The van der Waals surface area contributed by atoms with E-state index in [2.05, 4.69) is 57.6 Å². The average Bonchev–Trinajstić information content (AvgIpc) is 2.91. The number of methoxy groups -OCH3 is 1. The van der Waals surface area contributed by atoms with Gasteiger partial charge < -0.3 is 9.47 Å². The Bertz CT molecular complexity index is 1090.